The summed E-state index contributed by atoms with van der Waals surface area (Å²) in [5, 5.41) is 0.198. The SMILES string of the molecule is CC(N)C(=O)c1cc(F)cc(Cl)c1. The van der Waals surface area contributed by atoms with E-state index in [1.807, 2.05) is 0 Å². The van der Waals surface area contributed by atoms with Gasteiger partial charge in [-0.3, -0.25) is 4.79 Å². The minimum absolute atomic E-state index is 0.198. The molecule has 1 atom stereocenters. The summed E-state index contributed by atoms with van der Waals surface area (Å²) in [5.41, 5.74) is 5.56. The Labute approximate surface area is 80.5 Å². The molecule has 0 fully saturated rings. The standard InChI is InChI=1S/C9H9ClFNO/c1-5(12)9(13)6-2-7(10)4-8(11)3-6/h2-5H,12H2,1H3. The van der Waals surface area contributed by atoms with Crippen LogP contribution in [0.15, 0.2) is 18.2 Å². The normalized spacial score (nSPS) is 12.6. The molecular formula is C9H9ClFNO. The van der Waals surface area contributed by atoms with E-state index in [9.17, 15) is 9.18 Å². The van der Waals surface area contributed by atoms with Gasteiger partial charge in [0.2, 0.25) is 0 Å². The maximum absolute atomic E-state index is 12.8. The largest absolute Gasteiger partial charge is 0.321 e. The molecule has 13 heavy (non-hydrogen) atoms. The number of hydrogen-bond acceptors (Lipinski definition) is 2. The van der Waals surface area contributed by atoms with Crippen LogP contribution in [0.4, 0.5) is 4.39 Å². The van der Waals surface area contributed by atoms with Crippen LogP contribution in [0.5, 0.6) is 0 Å². The summed E-state index contributed by atoms with van der Waals surface area (Å²) in [4.78, 5) is 11.3. The number of halogens is 2. The van der Waals surface area contributed by atoms with Crippen molar-refractivity contribution in [3.8, 4) is 0 Å². The Kier molecular flexibility index (Phi) is 3.01. The first kappa shape index (κ1) is 10.2. The van der Waals surface area contributed by atoms with Gasteiger partial charge in [0.05, 0.1) is 6.04 Å². The molecule has 0 aliphatic heterocycles. The maximum Gasteiger partial charge on any atom is 0.179 e. The lowest BCUT2D eigenvalue weighted by Crippen LogP contribution is -2.26. The van der Waals surface area contributed by atoms with Gasteiger partial charge in [-0.1, -0.05) is 11.6 Å². The van der Waals surface area contributed by atoms with E-state index in [-0.39, 0.29) is 16.4 Å². The molecule has 0 spiro atoms. The highest BCUT2D eigenvalue weighted by molar-refractivity contribution is 6.31. The highest BCUT2D eigenvalue weighted by Crippen LogP contribution is 2.15. The van der Waals surface area contributed by atoms with Crippen LogP contribution >= 0.6 is 11.6 Å². The summed E-state index contributed by atoms with van der Waals surface area (Å²) < 4.78 is 12.8. The van der Waals surface area contributed by atoms with E-state index in [0.29, 0.717) is 0 Å². The molecule has 1 aromatic rings. The zero-order chi connectivity index (χ0) is 10.0. The first-order chi connectivity index (χ1) is 6.00. The van der Waals surface area contributed by atoms with Gasteiger partial charge < -0.3 is 5.73 Å². The summed E-state index contributed by atoms with van der Waals surface area (Å²) in [6.07, 6.45) is 0. The lowest BCUT2D eigenvalue weighted by molar-refractivity contribution is 0.0967. The van der Waals surface area contributed by atoms with Crippen LogP contribution in [0.2, 0.25) is 5.02 Å². The Bertz CT molecular complexity index is 318. The average Bonchev–Trinajstić information content (AvgIpc) is 2.01. The van der Waals surface area contributed by atoms with Crippen molar-refractivity contribution in [3.05, 3.63) is 34.6 Å². The van der Waals surface area contributed by atoms with E-state index in [1.165, 1.54) is 6.07 Å². The van der Waals surface area contributed by atoms with Gasteiger partial charge in [-0.05, 0) is 25.1 Å². The number of benzene rings is 1. The molecule has 2 N–H and O–H groups in total. The van der Waals surface area contributed by atoms with Gasteiger partial charge in [-0.15, -0.1) is 0 Å². The van der Waals surface area contributed by atoms with Crippen LogP contribution in [0, 0.1) is 5.82 Å². The molecule has 4 heteroatoms. The highest BCUT2D eigenvalue weighted by atomic mass is 35.5. The van der Waals surface area contributed by atoms with Gasteiger partial charge in [0.1, 0.15) is 5.82 Å². The second-order valence-corrected chi connectivity index (χ2v) is 3.25. The lowest BCUT2D eigenvalue weighted by atomic mass is 10.1. The monoisotopic (exact) mass is 201 g/mol. The number of rotatable bonds is 2. The Morgan fingerprint density at radius 2 is 2.15 bits per heavy atom. The number of carbonyl (C=O) groups is 1. The molecule has 1 rings (SSSR count). The predicted octanol–water partition coefficient (Wildman–Crippen LogP) is 2.01. The molecule has 0 saturated carbocycles. The van der Waals surface area contributed by atoms with Crippen molar-refractivity contribution in [2.24, 2.45) is 5.73 Å². The summed E-state index contributed by atoms with van der Waals surface area (Å²) in [6, 6.07) is 3.02. The average molecular weight is 202 g/mol. The van der Waals surface area contributed by atoms with Crippen LogP contribution in [0.3, 0.4) is 0 Å². The zero-order valence-electron chi connectivity index (χ0n) is 7.05. The van der Waals surface area contributed by atoms with Gasteiger partial charge >= 0.3 is 0 Å². The molecule has 0 aromatic heterocycles. The Hall–Kier alpha value is -0.930. The topological polar surface area (TPSA) is 43.1 Å². The third-order valence-corrected chi connectivity index (χ3v) is 1.78. The van der Waals surface area contributed by atoms with Crippen LogP contribution in [0.1, 0.15) is 17.3 Å². The molecule has 1 aromatic carbocycles. The van der Waals surface area contributed by atoms with Crippen molar-refractivity contribution in [2.45, 2.75) is 13.0 Å². The summed E-state index contributed by atoms with van der Waals surface area (Å²) in [6.45, 7) is 1.54. The van der Waals surface area contributed by atoms with Crippen molar-refractivity contribution in [3.63, 3.8) is 0 Å². The quantitative estimate of drug-likeness (QED) is 0.744. The predicted molar refractivity (Wildman–Crippen MR) is 49.4 cm³/mol. The Morgan fingerprint density at radius 3 is 2.62 bits per heavy atom. The Balaban J connectivity index is 3.08. The minimum Gasteiger partial charge on any atom is -0.321 e. The summed E-state index contributed by atoms with van der Waals surface area (Å²) in [5.74, 6) is -0.849. The molecule has 0 aliphatic carbocycles. The van der Waals surface area contributed by atoms with Gasteiger partial charge in [-0.2, -0.15) is 0 Å². The van der Waals surface area contributed by atoms with Gasteiger partial charge in [-0.25, -0.2) is 4.39 Å². The molecule has 0 aliphatic rings. The van der Waals surface area contributed by atoms with E-state index in [4.69, 9.17) is 17.3 Å². The van der Waals surface area contributed by atoms with Crippen LogP contribution in [-0.2, 0) is 0 Å². The second-order valence-electron chi connectivity index (χ2n) is 2.81. The van der Waals surface area contributed by atoms with Crippen molar-refractivity contribution in [1.82, 2.24) is 0 Å². The lowest BCUT2D eigenvalue weighted by Gasteiger charge is -2.04. The Morgan fingerprint density at radius 1 is 1.54 bits per heavy atom. The molecule has 70 valence electrons. The smallest absolute Gasteiger partial charge is 0.179 e. The number of Topliss-reactive ketones (excluding diaryl/α,β-unsaturated/α-hetero) is 1. The summed E-state index contributed by atoms with van der Waals surface area (Å²) in [7, 11) is 0. The molecule has 0 heterocycles. The van der Waals surface area contributed by atoms with Gasteiger partial charge in [0, 0.05) is 10.6 Å². The third kappa shape index (κ3) is 2.50. The molecular weight excluding hydrogens is 193 g/mol. The first-order valence-corrected chi connectivity index (χ1v) is 4.14. The molecule has 0 bridgehead atoms. The van der Waals surface area contributed by atoms with E-state index in [0.717, 1.165) is 12.1 Å². The second kappa shape index (κ2) is 3.85. The first-order valence-electron chi connectivity index (χ1n) is 3.76. The number of ketones is 1. The molecule has 0 saturated heterocycles. The van der Waals surface area contributed by atoms with E-state index in [2.05, 4.69) is 0 Å². The van der Waals surface area contributed by atoms with Gasteiger partial charge in [0.25, 0.3) is 0 Å². The molecule has 0 amide bonds. The fraction of sp³-hybridized carbons (Fsp3) is 0.222. The van der Waals surface area contributed by atoms with Crippen LogP contribution < -0.4 is 5.73 Å². The molecule has 0 radical (unpaired) electrons. The number of carbonyl (C=O) groups excluding carboxylic acids is 1. The van der Waals surface area contributed by atoms with Crippen molar-refractivity contribution in [1.29, 1.82) is 0 Å². The fourth-order valence-electron chi connectivity index (χ4n) is 0.959. The fourth-order valence-corrected chi connectivity index (χ4v) is 1.18. The number of hydrogen-bond donors (Lipinski definition) is 1. The number of nitrogens with two attached hydrogens (primary N) is 1. The summed E-state index contributed by atoms with van der Waals surface area (Å²) >= 11 is 5.57. The van der Waals surface area contributed by atoms with Gasteiger partial charge in [0.15, 0.2) is 5.78 Å². The van der Waals surface area contributed by atoms with E-state index in [1.54, 1.807) is 6.92 Å². The third-order valence-electron chi connectivity index (χ3n) is 1.56. The van der Waals surface area contributed by atoms with E-state index >= 15 is 0 Å². The van der Waals surface area contributed by atoms with Crippen molar-refractivity contribution >= 4 is 17.4 Å². The maximum atomic E-state index is 12.8. The van der Waals surface area contributed by atoms with Crippen molar-refractivity contribution in [2.75, 3.05) is 0 Å². The van der Waals surface area contributed by atoms with Crippen LogP contribution in [-0.4, -0.2) is 11.8 Å². The minimum atomic E-state index is -0.641. The van der Waals surface area contributed by atoms with Crippen LogP contribution in [0.25, 0.3) is 0 Å². The zero-order valence-corrected chi connectivity index (χ0v) is 7.81. The molecule has 1 unspecified atom stereocenters. The van der Waals surface area contributed by atoms with Crippen molar-refractivity contribution < 1.29 is 9.18 Å². The van der Waals surface area contributed by atoms with E-state index < -0.39 is 11.9 Å². The molecule has 2 nitrogen and oxygen atoms in total. The highest BCUT2D eigenvalue weighted by Gasteiger charge is 2.12.